The quantitative estimate of drug-likeness (QED) is 0.364. The van der Waals surface area contributed by atoms with E-state index in [1.54, 1.807) is 0 Å². The van der Waals surface area contributed by atoms with E-state index in [2.05, 4.69) is 9.37 Å². The Balaban J connectivity index is 3.25. The van der Waals surface area contributed by atoms with Gasteiger partial charge in [0.05, 0.1) is 24.0 Å². The second-order valence-electron chi connectivity index (χ2n) is 2.97. The van der Waals surface area contributed by atoms with Crippen molar-refractivity contribution in [3.8, 4) is 5.75 Å². The molecule has 9 heteroatoms. The first-order chi connectivity index (χ1) is 7.90. The maximum atomic E-state index is 11.0. The molecule has 0 aliphatic heterocycles. The van der Waals surface area contributed by atoms with Crippen LogP contribution in [0.2, 0.25) is 0 Å². The first kappa shape index (κ1) is 14.2. The molecule has 0 unspecified atom stereocenters. The standard InChI is InChI=1S/C8H10O7S2/c1-5-3-7(16-15-14-9)6(13-2)4-8(5)17(10,11)12/h3-4,9H,1-2H3,(H,10,11,12). The lowest BCUT2D eigenvalue weighted by atomic mass is 10.2. The van der Waals surface area contributed by atoms with Crippen LogP contribution in [0.1, 0.15) is 5.56 Å². The molecule has 0 heterocycles. The average Bonchev–Trinajstić information content (AvgIpc) is 2.24. The van der Waals surface area contributed by atoms with Gasteiger partial charge in [-0.05, 0) is 18.6 Å². The third-order valence-corrected chi connectivity index (χ3v) is 3.52. The number of hydrogen-bond acceptors (Lipinski definition) is 7. The maximum absolute atomic E-state index is 11.0. The van der Waals surface area contributed by atoms with E-state index in [9.17, 15) is 8.42 Å². The minimum absolute atomic E-state index is 0.158. The van der Waals surface area contributed by atoms with E-state index in [1.165, 1.54) is 20.1 Å². The van der Waals surface area contributed by atoms with Gasteiger partial charge in [-0.2, -0.15) is 8.42 Å². The molecule has 1 rings (SSSR count). The molecule has 0 saturated heterocycles. The molecule has 0 aromatic heterocycles. The summed E-state index contributed by atoms with van der Waals surface area (Å²) < 4.78 is 40.2. The zero-order valence-corrected chi connectivity index (χ0v) is 10.5. The topological polar surface area (TPSA) is 102 Å². The van der Waals surface area contributed by atoms with E-state index in [4.69, 9.17) is 14.5 Å². The van der Waals surface area contributed by atoms with Crippen molar-refractivity contribution in [1.82, 2.24) is 0 Å². The highest BCUT2D eigenvalue weighted by Gasteiger charge is 2.18. The third-order valence-electron chi connectivity index (χ3n) is 1.89. The minimum Gasteiger partial charge on any atom is -0.495 e. The molecule has 0 aliphatic carbocycles. The van der Waals surface area contributed by atoms with Crippen LogP contribution in [0, 0.1) is 6.92 Å². The Bertz CT molecular complexity index is 497. The van der Waals surface area contributed by atoms with E-state index in [0.717, 1.165) is 6.07 Å². The molecule has 0 fully saturated rings. The van der Waals surface area contributed by atoms with Crippen molar-refractivity contribution in [2.75, 3.05) is 7.11 Å². The molecule has 0 spiro atoms. The molecular weight excluding hydrogens is 272 g/mol. The van der Waals surface area contributed by atoms with Crippen molar-refractivity contribution in [3.63, 3.8) is 0 Å². The number of rotatable bonds is 5. The monoisotopic (exact) mass is 282 g/mol. The predicted octanol–water partition coefficient (Wildman–Crippen LogP) is 1.68. The van der Waals surface area contributed by atoms with E-state index in [0.29, 0.717) is 22.5 Å². The molecule has 1 aromatic carbocycles. The molecule has 0 atom stereocenters. The molecule has 96 valence electrons. The smallest absolute Gasteiger partial charge is 0.294 e. The van der Waals surface area contributed by atoms with E-state index in [1.807, 2.05) is 0 Å². The lowest BCUT2D eigenvalue weighted by molar-refractivity contribution is -0.432. The van der Waals surface area contributed by atoms with Gasteiger partial charge in [0, 0.05) is 6.07 Å². The molecule has 0 radical (unpaired) electrons. The summed E-state index contributed by atoms with van der Waals surface area (Å²) in [5.74, 6) is 0.158. The molecular formula is C8H10O7S2. The average molecular weight is 282 g/mol. The highest BCUT2D eigenvalue weighted by Crippen LogP contribution is 2.34. The summed E-state index contributed by atoms with van der Waals surface area (Å²) in [5.41, 5.74) is 0.303. The van der Waals surface area contributed by atoms with Gasteiger partial charge in [-0.25, -0.2) is 5.26 Å². The Morgan fingerprint density at radius 1 is 1.35 bits per heavy atom. The van der Waals surface area contributed by atoms with Gasteiger partial charge >= 0.3 is 0 Å². The molecule has 1 aromatic rings. The highest BCUT2D eigenvalue weighted by molar-refractivity contribution is 7.94. The molecule has 2 N–H and O–H groups in total. The second-order valence-corrected chi connectivity index (χ2v) is 5.10. The molecule has 0 aliphatic rings. The Morgan fingerprint density at radius 2 is 2.00 bits per heavy atom. The van der Waals surface area contributed by atoms with Crippen molar-refractivity contribution < 1.29 is 32.3 Å². The zero-order chi connectivity index (χ0) is 13.1. The van der Waals surface area contributed by atoms with Gasteiger partial charge in [-0.1, -0.05) is 5.04 Å². The van der Waals surface area contributed by atoms with Gasteiger partial charge in [-0.3, -0.25) is 4.55 Å². The number of aryl methyl sites for hydroxylation is 1. The van der Waals surface area contributed by atoms with Gasteiger partial charge < -0.3 is 4.74 Å². The van der Waals surface area contributed by atoms with Crippen LogP contribution in [0.4, 0.5) is 0 Å². The van der Waals surface area contributed by atoms with E-state index < -0.39 is 10.1 Å². The van der Waals surface area contributed by atoms with Crippen LogP contribution in [0.3, 0.4) is 0 Å². The summed E-state index contributed by atoms with van der Waals surface area (Å²) >= 11 is 0.631. The second kappa shape index (κ2) is 5.67. The van der Waals surface area contributed by atoms with E-state index >= 15 is 0 Å². The summed E-state index contributed by atoms with van der Waals surface area (Å²) in [6.45, 7) is 1.49. The zero-order valence-electron chi connectivity index (χ0n) is 8.91. The fraction of sp³-hybridized carbons (Fsp3) is 0.250. The summed E-state index contributed by atoms with van der Waals surface area (Å²) in [6.07, 6.45) is 0. The van der Waals surface area contributed by atoms with Crippen LogP contribution in [-0.4, -0.2) is 25.3 Å². The Hall–Kier alpha value is -0.840. The first-order valence-corrected chi connectivity index (χ1v) is 6.39. The van der Waals surface area contributed by atoms with Crippen LogP contribution >= 0.6 is 12.0 Å². The maximum Gasteiger partial charge on any atom is 0.294 e. The molecule has 0 bridgehead atoms. The van der Waals surface area contributed by atoms with Crippen molar-refractivity contribution >= 4 is 22.2 Å². The van der Waals surface area contributed by atoms with Crippen molar-refractivity contribution in [1.29, 1.82) is 0 Å². The Labute approximate surface area is 102 Å². The fourth-order valence-electron chi connectivity index (χ4n) is 1.20. The van der Waals surface area contributed by atoms with Crippen molar-refractivity contribution in [2.24, 2.45) is 0 Å². The molecule has 0 saturated carbocycles. The molecule has 7 nitrogen and oxygen atoms in total. The first-order valence-electron chi connectivity index (χ1n) is 4.21. The number of benzene rings is 1. The van der Waals surface area contributed by atoms with Crippen LogP contribution in [0.15, 0.2) is 21.9 Å². The lowest BCUT2D eigenvalue weighted by Crippen LogP contribution is -2.02. The molecule has 0 amide bonds. The van der Waals surface area contributed by atoms with Crippen LogP contribution in [0.25, 0.3) is 0 Å². The number of ether oxygens (including phenoxy) is 1. The van der Waals surface area contributed by atoms with Crippen molar-refractivity contribution in [2.45, 2.75) is 16.7 Å². The lowest BCUT2D eigenvalue weighted by Gasteiger charge is -2.10. The largest absolute Gasteiger partial charge is 0.495 e. The van der Waals surface area contributed by atoms with Crippen molar-refractivity contribution in [3.05, 3.63) is 17.7 Å². The minimum atomic E-state index is -4.31. The predicted molar refractivity (Wildman–Crippen MR) is 58.2 cm³/mol. The highest BCUT2D eigenvalue weighted by atomic mass is 32.2. The summed E-state index contributed by atoms with van der Waals surface area (Å²) in [6, 6.07) is 2.55. The number of methoxy groups -OCH3 is 1. The van der Waals surface area contributed by atoms with Crippen LogP contribution < -0.4 is 4.74 Å². The Kier molecular flexibility index (Phi) is 4.74. The van der Waals surface area contributed by atoms with Crippen LogP contribution in [0.5, 0.6) is 5.75 Å². The Morgan fingerprint density at radius 3 is 2.47 bits per heavy atom. The number of hydrogen-bond donors (Lipinski definition) is 2. The van der Waals surface area contributed by atoms with Gasteiger partial charge in [0.15, 0.2) is 0 Å². The van der Waals surface area contributed by atoms with Gasteiger partial charge in [0.1, 0.15) is 10.6 Å². The summed E-state index contributed by atoms with van der Waals surface area (Å²) in [7, 11) is -2.99. The molecule has 17 heavy (non-hydrogen) atoms. The normalized spacial score (nSPS) is 11.5. The van der Waals surface area contributed by atoms with Gasteiger partial charge in [0.2, 0.25) is 0 Å². The summed E-state index contributed by atoms with van der Waals surface area (Å²) in [4.78, 5) is 0.120. The fourth-order valence-corrected chi connectivity index (χ4v) is 2.47. The third kappa shape index (κ3) is 3.56. The van der Waals surface area contributed by atoms with E-state index in [-0.39, 0.29) is 10.6 Å². The summed E-state index contributed by atoms with van der Waals surface area (Å²) in [5, 5.41) is 11.4. The SMILES string of the molecule is COc1cc(S(=O)(=O)O)c(C)cc1SOOO. The van der Waals surface area contributed by atoms with Gasteiger partial charge in [0.25, 0.3) is 10.1 Å². The van der Waals surface area contributed by atoms with Gasteiger partial charge in [-0.15, -0.1) is 4.33 Å². The van der Waals surface area contributed by atoms with Crippen LogP contribution in [-0.2, 0) is 19.5 Å².